The third-order valence-corrected chi connectivity index (χ3v) is 5.91. The van der Waals surface area contributed by atoms with Crippen LogP contribution in [0.25, 0.3) is 22.2 Å². The zero-order valence-electron chi connectivity index (χ0n) is 17.6. The summed E-state index contributed by atoms with van der Waals surface area (Å²) in [6.07, 6.45) is 1.89. The number of nitrogens with two attached hydrogens (primary N) is 1. The van der Waals surface area contributed by atoms with E-state index in [9.17, 15) is 4.79 Å². The Labute approximate surface area is 186 Å². The highest BCUT2D eigenvalue weighted by molar-refractivity contribution is 6.30. The number of para-hydroxylation sites is 2. The second kappa shape index (κ2) is 8.94. The van der Waals surface area contributed by atoms with Crippen molar-refractivity contribution in [3.05, 3.63) is 64.7 Å². The minimum atomic E-state index is -0.464. The SMILES string of the molecule is CCC(CC)COC(=O)c1c(N)n(Cc2ccc(Cl)cc2)c2nc3ccccc3nc12. The predicted molar refractivity (Wildman–Crippen MR) is 124 cm³/mol. The quantitative estimate of drug-likeness (QED) is 0.389. The molecule has 0 spiro atoms. The molecule has 0 bridgehead atoms. The summed E-state index contributed by atoms with van der Waals surface area (Å²) in [5, 5.41) is 0.658. The van der Waals surface area contributed by atoms with Gasteiger partial charge in [-0.1, -0.05) is 62.6 Å². The van der Waals surface area contributed by atoms with E-state index in [1.807, 2.05) is 53.1 Å². The molecule has 2 heterocycles. The molecule has 0 saturated carbocycles. The fourth-order valence-corrected chi connectivity index (χ4v) is 3.77. The monoisotopic (exact) mass is 436 g/mol. The van der Waals surface area contributed by atoms with Crippen LogP contribution in [-0.2, 0) is 11.3 Å². The Morgan fingerprint density at radius 2 is 1.71 bits per heavy atom. The number of esters is 1. The summed E-state index contributed by atoms with van der Waals surface area (Å²) in [7, 11) is 0. The van der Waals surface area contributed by atoms with Crippen LogP contribution < -0.4 is 5.73 Å². The molecule has 2 N–H and O–H groups in total. The maximum atomic E-state index is 13.1. The zero-order chi connectivity index (χ0) is 22.0. The minimum absolute atomic E-state index is 0.271. The summed E-state index contributed by atoms with van der Waals surface area (Å²) in [5.74, 6) is 0.156. The summed E-state index contributed by atoms with van der Waals surface area (Å²) in [6, 6.07) is 15.1. The van der Waals surface area contributed by atoms with Crippen molar-refractivity contribution in [1.29, 1.82) is 0 Å². The van der Waals surface area contributed by atoms with Crippen molar-refractivity contribution in [2.24, 2.45) is 5.92 Å². The number of hydrogen-bond donors (Lipinski definition) is 1. The van der Waals surface area contributed by atoms with Crippen molar-refractivity contribution in [3.8, 4) is 0 Å². The second-order valence-corrected chi connectivity index (χ2v) is 8.07. The lowest BCUT2D eigenvalue weighted by Gasteiger charge is -2.12. The Hall–Kier alpha value is -3.12. The Balaban J connectivity index is 1.82. The summed E-state index contributed by atoms with van der Waals surface area (Å²) in [5.41, 5.74) is 10.2. The van der Waals surface area contributed by atoms with Gasteiger partial charge in [0.1, 0.15) is 16.9 Å². The van der Waals surface area contributed by atoms with Crippen molar-refractivity contribution in [1.82, 2.24) is 14.5 Å². The van der Waals surface area contributed by atoms with E-state index < -0.39 is 5.97 Å². The van der Waals surface area contributed by atoms with E-state index in [0.717, 1.165) is 23.9 Å². The average molecular weight is 437 g/mol. The fourth-order valence-electron chi connectivity index (χ4n) is 3.64. The number of hydrogen-bond acceptors (Lipinski definition) is 5. The molecule has 0 radical (unpaired) electrons. The molecule has 0 atom stereocenters. The zero-order valence-corrected chi connectivity index (χ0v) is 18.4. The lowest BCUT2D eigenvalue weighted by Crippen LogP contribution is -2.15. The number of aromatic nitrogens is 3. The first-order chi connectivity index (χ1) is 15.0. The molecule has 4 aromatic rings. The van der Waals surface area contributed by atoms with Gasteiger partial charge in [-0.15, -0.1) is 0 Å². The Bertz CT molecular complexity index is 1230. The van der Waals surface area contributed by atoms with Crippen LogP contribution in [0.4, 0.5) is 5.82 Å². The van der Waals surface area contributed by atoms with Crippen LogP contribution in [0, 0.1) is 5.92 Å². The molecule has 31 heavy (non-hydrogen) atoms. The molecule has 6 nitrogen and oxygen atoms in total. The van der Waals surface area contributed by atoms with E-state index >= 15 is 0 Å². The third-order valence-electron chi connectivity index (χ3n) is 5.65. The number of ether oxygens (including phenoxy) is 1. The number of carbonyl (C=O) groups is 1. The highest BCUT2D eigenvalue weighted by Gasteiger charge is 2.25. The van der Waals surface area contributed by atoms with Crippen molar-refractivity contribution < 1.29 is 9.53 Å². The molecule has 0 aliphatic rings. The van der Waals surface area contributed by atoms with Gasteiger partial charge in [0.05, 0.1) is 24.2 Å². The Kier molecular flexibility index (Phi) is 6.09. The van der Waals surface area contributed by atoms with E-state index in [0.29, 0.717) is 46.6 Å². The largest absolute Gasteiger partial charge is 0.462 e. The number of benzene rings is 2. The average Bonchev–Trinajstić information content (AvgIpc) is 3.04. The number of carbonyl (C=O) groups excluding carboxylic acids is 1. The van der Waals surface area contributed by atoms with Crippen LogP contribution in [0.1, 0.15) is 42.6 Å². The van der Waals surface area contributed by atoms with Crippen LogP contribution in [-0.4, -0.2) is 27.1 Å². The molecule has 0 saturated heterocycles. The summed E-state index contributed by atoms with van der Waals surface area (Å²) < 4.78 is 7.45. The smallest absolute Gasteiger partial charge is 0.344 e. The van der Waals surface area contributed by atoms with Crippen molar-refractivity contribution in [3.63, 3.8) is 0 Å². The molecular formula is C24H25ClN4O2. The molecule has 0 aliphatic heterocycles. The van der Waals surface area contributed by atoms with Crippen LogP contribution in [0.15, 0.2) is 48.5 Å². The van der Waals surface area contributed by atoms with Gasteiger partial charge in [0.2, 0.25) is 0 Å². The summed E-state index contributed by atoms with van der Waals surface area (Å²) in [4.78, 5) is 22.5. The fraction of sp³-hybridized carbons (Fsp3) is 0.292. The predicted octanol–water partition coefficient (Wildman–Crippen LogP) is 5.46. The first-order valence-corrected chi connectivity index (χ1v) is 10.9. The molecule has 0 unspecified atom stereocenters. The topological polar surface area (TPSA) is 83.0 Å². The van der Waals surface area contributed by atoms with Gasteiger partial charge < -0.3 is 15.0 Å². The van der Waals surface area contributed by atoms with Gasteiger partial charge in [-0.05, 0) is 35.7 Å². The maximum absolute atomic E-state index is 13.1. The molecule has 2 aromatic heterocycles. The Morgan fingerprint density at radius 1 is 1.06 bits per heavy atom. The summed E-state index contributed by atoms with van der Waals surface area (Å²) in [6.45, 7) is 4.97. The number of rotatable bonds is 7. The van der Waals surface area contributed by atoms with Gasteiger partial charge >= 0.3 is 5.97 Å². The van der Waals surface area contributed by atoms with E-state index in [4.69, 9.17) is 32.0 Å². The van der Waals surface area contributed by atoms with Gasteiger partial charge in [-0.25, -0.2) is 14.8 Å². The van der Waals surface area contributed by atoms with Gasteiger partial charge in [0.15, 0.2) is 5.65 Å². The van der Waals surface area contributed by atoms with Gasteiger partial charge in [-0.2, -0.15) is 0 Å². The third kappa shape index (κ3) is 4.21. The number of fused-ring (bicyclic) bond motifs is 2. The standard InChI is InChI=1S/C24H25ClN4O2/c1-3-15(4-2)14-31-24(30)20-21-23(28-19-8-6-5-7-18(19)27-21)29(22(20)26)13-16-9-11-17(25)12-10-16/h5-12,15H,3-4,13-14,26H2,1-2H3. The highest BCUT2D eigenvalue weighted by Crippen LogP contribution is 2.30. The van der Waals surface area contributed by atoms with Gasteiger partial charge in [0.25, 0.3) is 0 Å². The normalized spacial score (nSPS) is 11.5. The van der Waals surface area contributed by atoms with Crippen LogP contribution in [0.2, 0.25) is 5.02 Å². The number of halogens is 1. The maximum Gasteiger partial charge on any atom is 0.344 e. The highest BCUT2D eigenvalue weighted by atomic mass is 35.5. The lowest BCUT2D eigenvalue weighted by molar-refractivity contribution is 0.0436. The number of anilines is 1. The van der Waals surface area contributed by atoms with Crippen molar-refractivity contribution in [2.45, 2.75) is 33.2 Å². The molecule has 7 heteroatoms. The summed E-state index contributed by atoms with van der Waals surface area (Å²) >= 11 is 6.02. The molecule has 2 aromatic carbocycles. The van der Waals surface area contributed by atoms with Crippen LogP contribution in [0.3, 0.4) is 0 Å². The molecule has 0 fully saturated rings. The van der Waals surface area contributed by atoms with E-state index in [2.05, 4.69) is 13.8 Å². The molecule has 4 rings (SSSR count). The second-order valence-electron chi connectivity index (χ2n) is 7.64. The van der Waals surface area contributed by atoms with E-state index in [1.165, 1.54) is 0 Å². The minimum Gasteiger partial charge on any atom is -0.462 e. The van der Waals surface area contributed by atoms with Crippen LogP contribution in [0.5, 0.6) is 0 Å². The van der Waals surface area contributed by atoms with E-state index in [-0.39, 0.29) is 5.56 Å². The lowest BCUT2D eigenvalue weighted by atomic mass is 10.1. The first kappa shape index (κ1) is 21.1. The van der Waals surface area contributed by atoms with Crippen molar-refractivity contribution >= 4 is 45.6 Å². The van der Waals surface area contributed by atoms with Gasteiger partial charge in [0, 0.05) is 5.02 Å². The van der Waals surface area contributed by atoms with Crippen molar-refractivity contribution in [2.75, 3.05) is 12.3 Å². The Morgan fingerprint density at radius 3 is 2.35 bits per heavy atom. The number of nitrogen functional groups attached to an aromatic ring is 1. The molecule has 0 amide bonds. The molecule has 160 valence electrons. The van der Waals surface area contributed by atoms with E-state index in [1.54, 1.807) is 0 Å². The first-order valence-electron chi connectivity index (χ1n) is 10.5. The van der Waals surface area contributed by atoms with Gasteiger partial charge in [-0.3, -0.25) is 0 Å². The number of nitrogens with zero attached hydrogens (tertiary/aromatic N) is 3. The molecular weight excluding hydrogens is 412 g/mol. The molecule has 0 aliphatic carbocycles. The van der Waals surface area contributed by atoms with Crippen LogP contribution >= 0.6 is 11.6 Å².